The maximum Gasteiger partial charge on any atom is 0.233 e. The highest BCUT2D eigenvalue weighted by Crippen LogP contribution is 2.38. The van der Waals surface area contributed by atoms with Crippen molar-refractivity contribution in [2.45, 2.75) is 33.6 Å². The standard InChI is InChI=1S/C23H20Br4N2O2/c1-4-14-16(24)6-12(7-17(14)25)21-11(3)20(23(31)29-21)22(28-10-30)13-8-18(26)15(5-2)19(27)9-13/h6-10,29,31H,4-5H2,1-3H3. The van der Waals surface area contributed by atoms with Gasteiger partial charge in [-0.25, -0.2) is 4.99 Å². The number of halogens is 4. The highest BCUT2D eigenvalue weighted by molar-refractivity contribution is 9.11. The molecule has 0 spiro atoms. The molecule has 0 bridgehead atoms. The van der Waals surface area contributed by atoms with Gasteiger partial charge in [-0.05, 0) is 60.7 Å². The minimum atomic E-state index is -0.0354. The highest BCUT2D eigenvalue weighted by atomic mass is 79.9. The van der Waals surface area contributed by atoms with Crippen molar-refractivity contribution in [1.82, 2.24) is 4.98 Å². The monoisotopic (exact) mass is 672 g/mol. The molecule has 4 nitrogen and oxygen atoms in total. The minimum Gasteiger partial charge on any atom is -0.494 e. The van der Waals surface area contributed by atoms with Gasteiger partial charge in [-0.15, -0.1) is 0 Å². The van der Waals surface area contributed by atoms with Crippen LogP contribution in [0.15, 0.2) is 47.1 Å². The van der Waals surface area contributed by atoms with E-state index in [1.807, 2.05) is 31.2 Å². The van der Waals surface area contributed by atoms with Crippen LogP contribution >= 0.6 is 63.7 Å². The van der Waals surface area contributed by atoms with Gasteiger partial charge in [0, 0.05) is 29.0 Å². The lowest BCUT2D eigenvalue weighted by Gasteiger charge is -2.12. The second-order valence-corrected chi connectivity index (χ2v) is 10.4. The van der Waals surface area contributed by atoms with Crippen molar-refractivity contribution in [3.8, 4) is 17.1 Å². The Morgan fingerprint density at radius 1 is 0.968 bits per heavy atom. The molecule has 1 heterocycles. The quantitative estimate of drug-likeness (QED) is 0.206. The summed E-state index contributed by atoms with van der Waals surface area (Å²) < 4.78 is 3.79. The second kappa shape index (κ2) is 10.1. The number of H-pyrrole nitrogens is 1. The number of amides is 1. The van der Waals surface area contributed by atoms with E-state index in [4.69, 9.17) is 0 Å². The van der Waals surface area contributed by atoms with Crippen LogP contribution in [0.5, 0.6) is 5.88 Å². The van der Waals surface area contributed by atoms with E-state index in [0.717, 1.165) is 58.7 Å². The lowest BCUT2D eigenvalue weighted by Crippen LogP contribution is -2.06. The molecule has 1 aromatic heterocycles. The summed E-state index contributed by atoms with van der Waals surface area (Å²) in [6.07, 6.45) is 2.23. The molecule has 0 fully saturated rings. The van der Waals surface area contributed by atoms with Crippen LogP contribution in [0.3, 0.4) is 0 Å². The summed E-state index contributed by atoms with van der Waals surface area (Å²) in [4.78, 5) is 18.6. The van der Waals surface area contributed by atoms with Gasteiger partial charge in [0.1, 0.15) is 0 Å². The van der Waals surface area contributed by atoms with E-state index >= 15 is 0 Å². The predicted molar refractivity (Wildman–Crippen MR) is 140 cm³/mol. The largest absolute Gasteiger partial charge is 0.494 e. The van der Waals surface area contributed by atoms with Crippen molar-refractivity contribution in [2.75, 3.05) is 0 Å². The van der Waals surface area contributed by atoms with Crippen molar-refractivity contribution in [3.63, 3.8) is 0 Å². The van der Waals surface area contributed by atoms with Crippen LogP contribution in [0, 0.1) is 6.92 Å². The number of hydrogen-bond donors (Lipinski definition) is 2. The molecule has 162 valence electrons. The number of nitrogens with zero attached hydrogens (tertiary/aromatic N) is 1. The first kappa shape index (κ1) is 24.4. The van der Waals surface area contributed by atoms with Crippen LogP contribution < -0.4 is 0 Å². The molecule has 0 saturated carbocycles. The molecule has 2 aromatic carbocycles. The average molecular weight is 676 g/mol. The molecule has 31 heavy (non-hydrogen) atoms. The number of aromatic hydroxyl groups is 1. The third-order valence-corrected chi connectivity index (χ3v) is 8.03. The number of nitrogens with one attached hydrogen (secondary N) is 1. The molecular weight excluding hydrogens is 656 g/mol. The van der Waals surface area contributed by atoms with Crippen molar-refractivity contribution in [3.05, 3.63) is 70.0 Å². The molecule has 3 aromatic rings. The zero-order chi connectivity index (χ0) is 22.9. The number of benzene rings is 2. The molecule has 0 unspecified atom stereocenters. The van der Waals surface area contributed by atoms with Gasteiger partial charge in [0.2, 0.25) is 6.41 Å². The van der Waals surface area contributed by atoms with Gasteiger partial charge in [-0.3, -0.25) is 4.79 Å². The molecule has 0 aliphatic heterocycles. The van der Waals surface area contributed by atoms with Crippen LogP contribution in [0.25, 0.3) is 11.3 Å². The maximum absolute atomic E-state index is 11.4. The Bertz CT molecular complexity index is 1150. The van der Waals surface area contributed by atoms with E-state index in [1.54, 1.807) is 0 Å². The topological polar surface area (TPSA) is 65.4 Å². The Kier molecular flexibility index (Phi) is 8.00. The number of carbonyl (C=O) groups is 1. The van der Waals surface area contributed by atoms with Gasteiger partial charge in [0.25, 0.3) is 0 Å². The third kappa shape index (κ3) is 4.77. The molecule has 0 aliphatic carbocycles. The third-order valence-electron chi connectivity index (χ3n) is 5.20. The van der Waals surface area contributed by atoms with E-state index in [2.05, 4.69) is 87.5 Å². The van der Waals surface area contributed by atoms with Crippen molar-refractivity contribution in [1.29, 1.82) is 0 Å². The number of carbonyl (C=O) groups excluding carboxylic acids is 1. The van der Waals surface area contributed by atoms with Crippen molar-refractivity contribution >= 4 is 75.8 Å². The summed E-state index contributed by atoms with van der Waals surface area (Å²) in [5.41, 5.74) is 6.38. The summed E-state index contributed by atoms with van der Waals surface area (Å²) in [7, 11) is 0. The van der Waals surface area contributed by atoms with Crippen LogP contribution in [0.1, 0.15) is 41.7 Å². The molecular formula is C23H20Br4N2O2. The number of aliphatic imine (C=N–C) groups is 1. The van der Waals surface area contributed by atoms with Crippen molar-refractivity contribution < 1.29 is 9.90 Å². The Balaban J connectivity index is 2.20. The number of hydrogen-bond acceptors (Lipinski definition) is 2. The fourth-order valence-electron chi connectivity index (χ4n) is 3.65. The zero-order valence-corrected chi connectivity index (χ0v) is 23.5. The normalized spacial score (nSPS) is 11.8. The van der Waals surface area contributed by atoms with Crippen LogP contribution in [0.4, 0.5) is 0 Å². The van der Waals surface area contributed by atoms with Crippen LogP contribution in [-0.2, 0) is 17.6 Å². The number of aromatic amines is 1. The maximum atomic E-state index is 11.4. The van der Waals surface area contributed by atoms with Crippen LogP contribution in [0.2, 0.25) is 0 Å². The van der Waals surface area contributed by atoms with Gasteiger partial charge >= 0.3 is 0 Å². The Morgan fingerprint density at radius 2 is 1.45 bits per heavy atom. The van der Waals surface area contributed by atoms with Gasteiger partial charge in [-0.2, -0.15) is 0 Å². The zero-order valence-electron chi connectivity index (χ0n) is 17.1. The van der Waals surface area contributed by atoms with E-state index in [-0.39, 0.29) is 5.88 Å². The minimum absolute atomic E-state index is 0.0354. The molecule has 0 atom stereocenters. The Hall–Kier alpha value is -1.22. The number of aromatic nitrogens is 1. The molecule has 2 N–H and O–H groups in total. The average Bonchev–Trinajstić information content (AvgIpc) is 2.99. The van der Waals surface area contributed by atoms with Gasteiger partial charge in [0.15, 0.2) is 5.88 Å². The summed E-state index contributed by atoms with van der Waals surface area (Å²) in [6.45, 7) is 6.07. The molecule has 1 amide bonds. The van der Waals surface area contributed by atoms with Gasteiger partial charge in [-0.1, -0.05) is 77.6 Å². The second-order valence-electron chi connectivity index (χ2n) is 6.98. The van der Waals surface area contributed by atoms with E-state index in [0.29, 0.717) is 17.7 Å². The van der Waals surface area contributed by atoms with Crippen LogP contribution in [-0.4, -0.2) is 22.2 Å². The summed E-state index contributed by atoms with van der Waals surface area (Å²) in [5.74, 6) is -0.0354. The fraction of sp³-hybridized carbons (Fsp3) is 0.217. The summed E-state index contributed by atoms with van der Waals surface area (Å²) in [6, 6.07) is 7.87. The smallest absolute Gasteiger partial charge is 0.233 e. The molecule has 3 rings (SSSR count). The summed E-state index contributed by atoms with van der Waals surface area (Å²) in [5, 5.41) is 10.8. The number of rotatable bonds is 6. The van der Waals surface area contributed by atoms with Crippen molar-refractivity contribution in [2.24, 2.45) is 4.99 Å². The lowest BCUT2D eigenvalue weighted by atomic mass is 9.97. The van der Waals surface area contributed by atoms with E-state index < -0.39 is 0 Å². The van der Waals surface area contributed by atoms with Gasteiger partial charge < -0.3 is 10.1 Å². The first-order valence-corrected chi connectivity index (χ1v) is 12.8. The highest BCUT2D eigenvalue weighted by Gasteiger charge is 2.23. The summed E-state index contributed by atoms with van der Waals surface area (Å²) >= 11 is 14.5. The first-order valence-electron chi connectivity index (χ1n) is 9.63. The predicted octanol–water partition coefficient (Wildman–Crippen LogP) is 7.86. The van der Waals surface area contributed by atoms with E-state index in [1.165, 1.54) is 5.56 Å². The molecule has 0 radical (unpaired) electrons. The fourth-order valence-corrected chi connectivity index (χ4v) is 7.15. The Labute approximate surface area is 215 Å². The Morgan fingerprint density at radius 3 is 1.90 bits per heavy atom. The van der Waals surface area contributed by atoms with E-state index in [9.17, 15) is 9.90 Å². The lowest BCUT2D eigenvalue weighted by molar-refractivity contribution is -0.106. The molecule has 8 heteroatoms. The van der Waals surface area contributed by atoms with Gasteiger partial charge in [0.05, 0.1) is 17.0 Å². The molecule has 0 saturated heterocycles. The molecule has 0 aliphatic rings. The SMILES string of the molecule is CCc1c(Br)cc(C(=NC=O)c2c(O)[nH]c(-c3cc(Br)c(CC)c(Br)c3)c2C)cc1Br. The first-order chi connectivity index (χ1) is 14.7.